The van der Waals surface area contributed by atoms with Gasteiger partial charge in [0.2, 0.25) is 10.0 Å². The van der Waals surface area contributed by atoms with Crippen molar-refractivity contribution >= 4 is 15.7 Å². The van der Waals surface area contributed by atoms with Crippen molar-refractivity contribution in [3.8, 4) is 11.5 Å². The molecule has 0 unspecified atom stereocenters. The Kier molecular flexibility index (Phi) is 6.89. The van der Waals surface area contributed by atoms with Crippen LogP contribution in [0, 0.1) is 10.1 Å². The minimum atomic E-state index is -4.26. The summed E-state index contributed by atoms with van der Waals surface area (Å²) in [6.45, 7) is 3.57. The fraction of sp³-hybridized carbons (Fsp3) is 0.429. The van der Waals surface area contributed by atoms with Crippen molar-refractivity contribution in [3.63, 3.8) is 0 Å². The molecule has 2 aromatic carbocycles. The summed E-state index contributed by atoms with van der Waals surface area (Å²) in [4.78, 5) is 12.6. The number of morpholine rings is 1. The predicted octanol–water partition coefficient (Wildman–Crippen LogP) is 2.11. The van der Waals surface area contributed by atoms with Gasteiger partial charge in [-0.3, -0.25) is 15.0 Å². The highest BCUT2D eigenvalue weighted by Gasteiger charge is 2.32. The first-order chi connectivity index (χ1) is 15.4. The molecule has 32 heavy (non-hydrogen) atoms. The molecule has 10 nitrogen and oxygen atoms in total. The number of nitrogens with zero attached hydrogens (tertiary/aromatic N) is 2. The topological polar surface area (TPSA) is 120 Å². The van der Waals surface area contributed by atoms with Crippen LogP contribution in [-0.2, 0) is 14.8 Å². The number of benzene rings is 2. The van der Waals surface area contributed by atoms with Gasteiger partial charge in [0.25, 0.3) is 5.69 Å². The van der Waals surface area contributed by atoms with E-state index >= 15 is 0 Å². The van der Waals surface area contributed by atoms with Gasteiger partial charge in [-0.05, 0) is 5.56 Å². The number of hydrogen-bond donors (Lipinski definition) is 1. The Hall–Kier alpha value is -2.73. The second-order valence-corrected chi connectivity index (χ2v) is 9.25. The third kappa shape index (κ3) is 5.18. The summed E-state index contributed by atoms with van der Waals surface area (Å²) in [5.74, 6) is 0.346. The van der Waals surface area contributed by atoms with Crippen molar-refractivity contribution in [2.24, 2.45) is 0 Å². The van der Waals surface area contributed by atoms with Gasteiger partial charge in [-0.2, -0.15) is 0 Å². The molecular formula is C21H25N3O7S. The first-order valence-electron chi connectivity index (χ1n) is 10.4. The molecule has 0 amide bonds. The number of nitro benzene ring substituents is 1. The molecule has 2 aliphatic heterocycles. The van der Waals surface area contributed by atoms with Crippen LogP contribution in [0.1, 0.15) is 18.0 Å². The lowest BCUT2D eigenvalue weighted by Crippen LogP contribution is -2.43. The van der Waals surface area contributed by atoms with Crippen LogP contribution in [0.5, 0.6) is 11.5 Å². The second kappa shape index (κ2) is 9.82. The molecule has 4 rings (SSSR count). The maximum absolute atomic E-state index is 13.4. The molecule has 11 heteroatoms. The zero-order valence-electron chi connectivity index (χ0n) is 17.4. The zero-order chi connectivity index (χ0) is 22.6. The molecule has 0 aromatic heterocycles. The van der Waals surface area contributed by atoms with E-state index in [1.54, 1.807) is 0 Å². The summed E-state index contributed by atoms with van der Waals surface area (Å²) in [5.41, 5.74) is 0.208. The molecule has 1 saturated heterocycles. The van der Waals surface area contributed by atoms with Crippen LogP contribution in [0.25, 0.3) is 0 Å². The highest BCUT2D eigenvalue weighted by Crippen LogP contribution is 2.38. The Morgan fingerprint density at radius 3 is 2.34 bits per heavy atom. The van der Waals surface area contributed by atoms with E-state index in [1.807, 2.05) is 30.3 Å². The predicted molar refractivity (Wildman–Crippen MR) is 115 cm³/mol. The minimum absolute atomic E-state index is 0.168. The first kappa shape index (κ1) is 22.5. The molecule has 1 atom stereocenters. The summed E-state index contributed by atoms with van der Waals surface area (Å²) in [6, 6.07) is 10.9. The molecule has 1 N–H and O–H groups in total. The number of sulfonamides is 1. The van der Waals surface area contributed by atoms with Gasteiger partial charge in [-0.1, -0.05) is 30.3 Å². The van der Waals surface area contributed by atoms with E-state index in [9.17, 15) is 18.5 Å². The summed E-state index contributed by atoms with van der Waals surface area (Å²) in [6.07, 6.45) is 0.596. The van der Waals surface area contributed by atoms with E-state index in [4.69, 9.17) is 14.2 Å². The molecule has 1 fully saturated rings. The molecule has 172 valence electrons. The van der Waals surface area contributed by atoms with Gasteiger partial charge in [0.05, 0.1) is 43.5 Å². The lowest BCUT2D eigenvalue weighted by molar-refractivity contribution is -0.387. The van der Waals surface area contributed by atoms with Crippen LogP contribution in [0.2, 0.25) is 0 Å². The summed E-state index contributed by atoms with van der Waals surface area (Å²) < 4.78 is 45.9. The SMILES string of the molecule is O=[N+]([O-])c1cc2c(cc1S(=O)(=O)N[C@@H](CN1CCOCC1)c1ccccc1)OCCCO2. The molecule has 0 aliphatic carbocycles. The summed E-state index contributed by atoms with van der Waals surface area (Å²) in [7, 11) is -4.26. The van der Waals surface area contributed by atoms with Gasteiger partial charge >= 0.3 is 0 Å². The van der Waals surface area contributed by atoms with Crippen molar-refractivity contribution in [3.05, 3.63) is 58.1 Å². The molecule has 0 spiro atoms. The van der Waals surface area contributed by atoms with Gasteiger partial charge in [-0.15, -0.1) is 0 Å². The van der Waals surface area contributed by atoms with E-state index < -0.39 is 31.6 Å². The lowest BCUT2D eigenvalue weighted by atomic mass is 10.1. The fourth-order valence-electron chi connectivity index (χ4n) is 3.73. The molecule has 2 heterocycles. The van der Waals surface area contributed by atoms with Crippen LogP contribution in [0.15, 0.2) is 47.4 Å². The Morgan fingerprint density at radius 2 is 1.69 bits per heavy atom. The normalized spacial score (nSPS) is 18.0. The highest BCUT2D eigenvalue weighted by molar-refractivity contribution is 7.89. The molecule has 2 aliphatic rings. The molecule has 2 aromatic rings. The van der Waals surface area contributed by atoms with Crippen molar-refractivity contribution < 1.29 is 27.6 Å². The summed E-state index contributed by atoms with van der Waals surface area (Å²) >= 11 is 0. The average molecular weight is 464 g/mol. The Morgan fingerprint density at radius 1 is 1.03 bits per heavy atom. The minimum Gasteiger partial charge on any atom is -0.490 e. The van der Waals surface area contributed by atoms with Crippen LogP contribution >= 0.6 is 0 Å². The van der Waals surface area contributed by atoms with Crippen LogP contribution in [0.4, 0.5) is 5.69 Å². The van der Waals surface area contributed by atoms with Crippen molar-refractivity contribution in [2.75, 3.05) is 46.1 Å². The number of fused-ring (bicyclic) bond motifs is 1. The second-order valence-electron chi connectivity index (χ2n) is 7.57. The van der Waals surface area contributed by atoms with Gasteiger partial charge in [0, 0.05) is 32.1 Å². The average Bonchev–Trinajstić information content (AvgIpc) is 3.04. The smallest absolute Gasteiger partial charge is 0.293 e. The van der Waals surface area contributed by atoms with Crippen molar-refractivity contribution in [1.82, 2.24) is 9.62 Å². The Labute approximate surface area is 186 Å². The van der Waals surface area contributed by atoms with E-state index in [0.29, 0.717) is 52.5 Å². The number of rotatable bonds is 7. The van der Waals surface area contributed by atoms with E-state index in [-0.39, 0.29) is 11.5 Å². The van der Waals surface area contributed by atoms with Gasteiger partial charge in [0.1, 0.15) is 0 Å². The van der Waals surface area contributed by atoms with Crippen LogP contribution in [0.3, 0.4) is 0 Å². The molecule has 0 saturated carbocycles. The number of hydrogen-bond acceptors (Lipinski definition) is 8. The maximum Gasteiger partial charge on any atom is 0.293 e. The van der Waals surface area contributed by atoms with E-state index in [0.717, 1.165) is 11.6 Å². The number of nitro groups is 1. The maximum atomic E-state index is 13.4. The molecule has 0 radical (unpaired) electrons. The largest absolute Gasteiger partial charge is 0.490 e. The van der Waals surface area contributed by atoms with Gasteiger partial charge in [0.15, 0.2) is 16.4 Å². The molecule has 0 bridgehead atoms. The van der Waals surface area contributed by atoms with E-state index in [2.05, 4.69) is 9.62 Å². The van der Waals surface area contributed by atoms with Gasteiger partial charge in [-0.25, -0.2) is 13.1 Å². The van der Waals surface area contributed by atoms with Crippen LogP contribution in [-0.4, -0.2) is 64.3 Å². The van der Waals surface area contributed by atoms with Crippen molar-refractivity contribution in [2.45, 2.75) is 17.4 Å². The summed E-state index contributed by atoms with van der Waals surface area (Å²) in [5, 5.41) is 11.7. The quantitative estimate of drug-likeness (QED) is 0.490. The number of ether oxygens (including phenoxy) is 3. The standard InChI is InChI=1S/C21H25N3O7S/c25-24(26)18-13-19-20(31-10-4-9-30-19)14-21(18)32(27,28)22-17(16-5-2-1-3-6-16)15-23-7-11-29-12-8-23/h1-3,5-6,13-14,17,22H,4,7-12,15H2/t17-/m0/s1. The van der Waals surface area contributed by atoms with Crippen LogP contribution < -0.4 is 14.2 Å². The first-order valence-corrected chi connectivity index (χ1v) is 11.9. The third-order valence-electron chi connectivity index (χ3n) is 5.36. The van der Waals surface area contributed by atoms with Gasteiger partial charge < -0.3 is 14.2 Å². The highest BCUT2D eigenvalue weighted by atomic mass is 32.2. The number of nitrogens with one attached hydrogen (secondary N) is 1. The fourth-order valence-corrected chi connectivity index (χ4v) is 5.11. The van der Waals surface area contributed by atoms with E-state index in [1.165, 1.54) is 6.07 Å². The molecular weight excluding hydrogens is 438 g/mol. The zero-order valence-corrected chi connectivity index (χ0v) is 18.3. The third-order valence-corrected chi connectivity index (χ3v) is 6.86. The van der Waals surface area contributed by atoms with Crippen molar-refractivity contribution in [1.29, 1.82) is 0 Å². The Bertz CT molecular complexity index is 1060. The Balaban J connectivity index is 1.68. The lowest BCUT2D eigenvalue weighted by Gasteiger charge is -2.31. The monoisotopic (exact) mass is 463 g/mol.